The third kappa shape index (κ3) is 4.52. The van der Waals surface area contributed by atoms with Crippen LogP contribution in [0.25, 0.3) is 0 Å². The summed E-state index contributed by atoms with van der Waals surface area (Å²) < 4.78 is 5.26. The number of esters is 1. The minimum absolute atomic E-state index is 0.205. The molecule has 0 radical (unpaired) electrons. The van der Waals surface area contributed by atoms with Crippen LogP contribution in [0.4, 0.5) is 0 Å². The molecule has 0 rings (SSSR count). The zero-order valence-corrected chi connectivity index (χ0v) is 11.6. The molecule has 2 N–H and O–H groups in total. The summed E-state index contributed by atoms with van der Waals surface area (Å²) in [6, 6.07) is 0. The molecule has 0 aromatic carbocycles. The Balaban J connectivity index is 4.07. The van der Waals surface area contributed by atoms with Gasteiger partial charge in [-0.1, -0.05) is 13.8 Å². The van der Waals surface area contributed by atoms with Gasteiger partial charge in [-0.2, -0.15) is 0 Å². The van der Waals surface area contributed by atoms with Gasteiger partial charge in [0.15, 0.2) is 0 Å². The van der Waals surface area contributed by atoms with Gasteiger partial charge in [0, 0.05) is 5.54 Å². The lowest BCUT2D eigenvalue weighted by Gasteiger charge is -2.35. The average Bonchev–Trinajstić information content (AvgIpc) is 2.09. The monoisotopic (exact) mass is 229 g/mol. The third-order valence-corrected chi connectivity index (χ3v) is 3.28. The molecule has 0 fully saturated rings. The fourth-order valence-electron chi connectivity index (χ4n) is 1.10. The Morgan fingerprint density at radius 3 is 2.12 bits per heavy atom. The van der Waals surface area contributed by atoms with Crippen molar-refractivity contribution in [3.05, 3.63) is 0 Å². The van der Waals surface area contributed by atoms with Crippen LogP contribution in [0.15, 0.2) is 0 Å². The van der Waals surface area contributed by atoms with E-state index in [2.05, 4.69) is 13.8 Å². The Morgan fingerprint density at radius 1 is 1.25 bits per heavy atom. The first kappa shape index (κ1) is 15.4. The quantitative estimate of drug-likeness (QED) is 0.563. The van der Waals surface area contributed by atoms with E-state index in [1.165, 1.54) is 0 Å². The maximum atomic E-state index is 11.9. The smallest absolute Gasteiger partial charge is 0.313 e. The van der Waals surface area contributed by atoms with E-state index in [1.807, 2.05) is 27.7 Å². The molecule has 3 heteroatoms. The van der Waals surface area contributed by atoms with Gasteiger partial charge in [-0.25, -0.2) is 0 Å². The lowest BCUT2D eigenvalue weighted by Crippen LogP contribution is -2.52. The predicted octanol–water partition coefficient (Wildman–Crippen LogP) is 2.73. The summed E-state index contributed by atoms with van der Waals surface area (Å²) in [6.07, 6.45) is 2.00. The van der Waals surface area contributed by atoms with Crippen molar-refractivity contribution in [3.8, 4) is 0 Å². The third-order valence-electron chi connectivity index (χ3n) is 3.28. The highest BCUT2D eigenvalue weighted by Crippen LogP contribution is 2.29. The summed E-state index contributed by atoms with van der Waals surface area (Å²) in [7, 11) is 0. The van der Waals surface area contributed by atoms with Crippen molar-refractivity contribution in [1.29, 1.82) is 0 Å². The van der Waals surface area contributed by atoms with Crippen molar-refractivity contribution < 1.29 is 9.53 Å². The molecule has 0 aromatic heterocycles. The van der Waals surface area contributed by atoms with Crippen LogP contribution in [0.2, 0.25) is 0 Å². The van der Waals surface area contributed by atoms with Crippen molar-refractivity contribution >= 4 is 5.97 Å². The van der Waals surface area contributed by atoms with Gasteiger partial charge < -0.3 is 10.5 Å². The molecule has 0 aliphatic carbocycles. The van der Waals surface area contributed by atoms with Gasteiger partial charge in [0.05, 0.1) is 12.0 Å². The standard InChI is InChI=1S/C13H27NO2/c1-10(2)8-7-9-16-11(15)12(3,4)13(5,6)14/h10H,7-9,14H2,1-6H3. The molecule has 0 aliphatic heterocycles. The van der Waals surface area contributed by atoms with Crippen LogP contribution in [0.3, 0.4) is 0 Å². The normalized spacial score (nSPS) is 13.0. The Labute approximate surface area is 99.7 Å². The number of carbonyl (C=O) groups excluding carboxylic acids is 1. The molecule has 0 spiro atoms. The second-order valence-electron chi connectivity index (χ2n) is 6.02. The summed E-state index contributed by atoms with van der Waals surface area (Å²) in [5, 5.41) is 0. The molecule has 0 aliphatic rings. The van der Waals surface area contributed by atoms with Gasteiger partial charge in [0.2, 0.25) is 0 Å². The molecular formula is C13H27NO2. The van der Waals surface area contributed by atoms with Gasteiger partial charge in [0.25, 0.3) is 0 Å². The largest absolute Gasteiger partial charge is 0.465 e. The van der Waals surface area contributed by atoms with Gasteiger partial charge >= 0.3 is 5.97 Å². The first-order valence-electron chi connectivity index (χ1n) is 6.05. The summed E-state index contributed by atoms with van der Waals surface area (Å²) in [6.45, 7) is 12.2. The first-order chi connectivity index (χ1) is 7.09. The van der Waals surface area contributed by atoms with Gasteiger partial charge in [0.1, 0.15) is 0 Å². The minimum Gasteiger partial charge on any atom is -0.465 e. The van der Waals surface area contributed by atoms with Crippen LogP contribution in [0, 0.1) is 11.3 Å². The summed E-state index contributed by atoms with van der Waals surface area (Å²) >= 11 is 0. The average molecular weight is 229 g/mol. The fraction of sp³-hybridized carbons (Fsp3) is 0.923. The van der Waals surface area contributed by atoms with Crippen molar-refractivity contribution in [2.24, 2.45) is 17.1 Å². The van der Waals surface area contributed by atoms with E-state index >= 15 is 0 Å². The molecule has 0 unspecified atom stereocenters. The van der Waals surface area contributed by atoms with Crippen LogP contribution in [-0.2, 0) is 9.53 Å². The highest BCUT2D eigenvalue weighted by molar-refractivity contribution is 5.77. The number of carbonyl (C=O) groups is 1. The maximum absolute atomic E-state index is 11.9. The molecule has 0 saturated carbocycles. The zero-order valence-electron chi connectivity index (χ0n) is 11.6. The number of ether oxygens (including phenoxy) is 1. The molecule has 3 nitrogen and oxygen atoms in total. The van der Waals surface area contributed by atoms with E-state index < -0.39 is 11.0 Å². The van der Waals surface area contributed by atoms with Crippen LogP contribution in [0.1, 0.15) is 54.4 Å². The van der Waals surface area contributed by atoms with Crippen molar-refractivity contribution in [3.63, 3.8) is 0 Å². The zero-order chi connectivity index (χ0) is 13.0. The van der Waals surface area contributed by atoms with Gasteiger partial charge in [-0.3, -0.25) is 4.79 Å². The lowest BCUT2D eigenvalue weighted by atomic mass is 9.75. The molecule has 0 aromatic rings. The summed E-state index contributed by atoms with van der Waals surface area (Å²) in [5.74, 6) is 0.446. The summed E-state index contributed by atoms with van der Waals surface area (Å²) in [5.41, 5.74) is 4.75. The van der Waals surface area contributed by atoms with E-state index in [1.54, 1.807) is 0 Å². The lowest BCUT2D eigenvalue weighted by molar-refractivity contribution is -0.157. The fourth-order valence-corrected chi connectivity index (χ4v) is 1.10. The van der Waals surface area contributed by atoms with Crippen LogP contribution < -0.4 is 5.73 Å². The SMILES string of the molecule is CC(C)CCCOC(=O)C(C)(C)C(C)(C)N. The highest BCUT2D eigenvalue weighted by Gasteiger charge is 2.41. The predicted molar refractivity (Wildman–Crippen MR) is 67.1 cm³/mol. The van der Waals surface area contributed by atoms with E-state index in [0.29, 0.717) is 12.5 Å². The van der Waals surface area contributed by atoms with Crippen LogP contribution in [0.5, 0.6) is 0 Å². The Morgan fingerprint density at radius 2 is 1.75 bits per heavy atom. The molecule has 0 heterocycles. The Hall–Kier alpha value is -0.570. The second-order valence-corrected chi connectivity index (χ2v) is 6.02. The Kier molecular flexibility index (Phi) is 5.47. The van der Waals surface area contributed by atoms with Crippen LogP contribution in [-0.4, -0.2) is 18.1 Å². The highest BCUT2D eigenvalue weighted by atomic mass is 16.5. The van der Waals surface area contributed by atoms with Crippen molar-refractivity contribution in [2.75, 3.05) is 6.61 Å². The van der Waals surface area contributed by atoms with Crippen molar-refractivity contribution in [2.45, 2.75) is 59.9 Å². The number of rotatable bonds is 6. The van der Waals surface area contributed by atoms with Crippen molar-refractivity contribution in [1.82, 2.24) is 0 Å². The molecule has 16 heavy (non-hydrogen) atoms. The molecule has 96 valence electrons. The number of hydrogen-bond donors (Lipinski definition) is 1. The van der Waals surface area contributed by atoms with Crippen LogP contribution >= 0.6 is 0 Å². The second kappa shape index (κ2) is 5.67. The van der Waals surface area contributed by atoms with Gasteiger partial charge in [-0.15, -0.1) is 0 Å². The maximum Gasteiger partial charge on any atom is 0.313 e. The molecule has 0 atom stereocenters. The van der Waals surface area contributed by atoms with E-state index in [9.17, 15) is 4.79 Å². The van der Waals surface area contributed by atoms with E-state index in [-0.39, 0.29) is 5.97 Å². The Bertz CT molecular complexity index is 227. The topological polar surface area (TPSA) is 52.3 Å². The number of nitrogens with two attached hydrogens (primary N) is 1. The van der Waals surface area contributed by atoms with Gasteiger partial charge in [-0.05, 0) is 46.5 Å². The minimum atomic E-state index is -0.648. The van der Waals surface area contributed by atoms with E-state index in [4.69, 9.17) is 10.5 Å². The van der Waals surface area contributed by atoms with E-state index in [0.717, 1.165) is 12.8 Å². The number of hydrogen-bond acceptors (Lipinski definition) is 3. The molecule has 0 saturated heterocycles. The first-order valence-corrected chi connectivity index (χ1v) is 6.05. The molecule has 0 amide bonds. The summed E-state index contributed by atoms with van der Waals surface area (Å²) in [4.78, 5) is 11.9. The molecule has 0 bridgehead atoms. The molecular weight excluding hydrogens is 202 g/mol.